The summed E-state index contributed by atoms with van der Waals surface area (Å²) in [5.74, 6) is 0.212. The smallest absolute Gasteiger partial charge is 0.264 e. The monoisotopic (exact) mass is 590 g/mol. The van der Waals surface area contributed by atoms with Crippen molar-refractivity contribution in [2.45, 2.75) is 52.1 Å². The Morgan fingerprint density at radius 1 is 0.854 bits per heavy atom. The van der Waals surface area contributed by atoms with Gasteiger partial charge in [0, 0.05) is 5.02 Å². The zero-order valence-electron chi connectivity index (χ0n) is 23.9. The van der Waals surface area contributed by atoms with E-state index in [-0.39, 0.29) is 30.0 Å². The lowest BCUT2D eigenvalue weighted by atomic mass is 9.96. The zero-order chi connectivity index (χ0) is 29.7. The van der Waals surface area contributed by atoms with E-state index in [0.717, 1.165) is 22.3 Å². The van der Waals surface area contributed by atoms with E-state index in [4.69, 9.17) is 16.3 Å². The van der Waals surface area contributed by atoms with Crippen LogP contribution in [0.5, 0.6) is 5.75 Å². The molecule has 0 spiro atoms. The topological polar surface area (TPSA) is 75.7 Å². The van der Waals surface area contributed by atoms with Crippen LogP contribution in [0.15, 0.2) is 89.8 Å². The second-order valence-corrected chi connectivity index (χ2v) is 12.6. The molecule has 0 bridgehead atoms. The van der Waals surface area contributed by atoms with Crippen molar-refractivity contribution in [2.75, 3.05) is 10.9 Å². The first-order chi connectivity index (χ1) is 19.4. The van der Waals surface area contributed by atoms with Crippen molar-refractivity contribution in [2.24, 2.45) is 0 Å². The van der Waals surface area contributed by atoms with Crippen LogP contribution in [0.3, 0.4) is 0 Å². The lowest BCUT2D eigenvalue weighted by molar-refractivity contribution is -0.123. The Morgan fingerprint density at radius 2 is 1.46 bits per heavy atom. The minimum absolute atomic E-state index is 0.117. The van der Waals surface area contributed by atoms with Crippen LogP contribution in [-0.4, -0.2) is 20.9 Å². The summed E-state index contributed by atoms with van der Waals surface area (Å²) in [6.07, 6.45) is 0. The van der Waals surface area contributed by atoms with Gasteiger partial charge in [-0.1, -0.05) is 53.6 Å². The highest BCUT2D eigenvalue weighted by Gasteiger charge is 2.25. The Labute approximate surface area is 248 Å². The van der Waals surface area contributed by atoms with Gasteiger partial charge in [-0.15, -0.1) is 0 Å². The molecule has 0 aliphatic heterocycles. The third-order valence-corrected chi connectivity index (χ3v) is 9.11. The maximum Gasteiger partial charge on any atom is 0.264 e. The molecule has 0 heterocycles. The molecule has 0 saturated carbocycles. The number of nitrogens with one attached hydrogen (secondary N) is 1. The van der Waals surface area contributed by atoms with E-state index in [0.29, 0.717) is 16.5 Å². The van der Waals surface area contributed by atoms with Gasteiger partial charge in [0.2, 0.25) is 0 Å². The van der Waals surface area contributed by atoms with Gasteiger partial charge in [-0.2, -0.15) is 0 Å². The normalized spacial score (nSPS) is 12.0. The third kappa shape index (κ3) is 7.48. The molecule has 0 aliphatic rings. The lowest BCUT2D eigenvalue weighted by Gasteiger charge is -2.25. The SMILES string of the molecule is Cc1ccc(S(=O)(=O)N(Cc2ccc(Cl)cc2)c2ccc(OCC(=O)N[C@@H](C)c3cc(C)c(C)cc3C)cc2)cc1. The molecule has 4 rings (SSSR count). The number of rotatable bonds is 10. The summed E-state index contributed by atoms with van der Waals surface area (Å²) in [7, 11) is -3.87. The molecule has 0 fully saturated rings. The standard InChI is InChI=1S/C33H35ClN2O4S/c1-22-6-16-31(17-7-22)41(38,39)36(20-27-8-10-28(34)11-9-27)29-12-14-30(15-13-29)40-21-33(37)35-26(5)32-19-24(3)23(2)18-25(32)4/h6-19,26H,20-21H2,1-5H3,(H,35,37)/t26-/m0/s1. The number of benzene rings is 4. The Hall–Kier alpha value is -3.81. The van der Waals surface area contributed by atoms with E-state index in [1.54, 1.807) is 72.8 Å². The highest BCUT2D eigenvalue weighted by Crippen LogP contribution is 2.29. The summed E-state index contributed by atoms with van der Waals surface area (Å²) >= 11 is 6.04. The summed E-state index contributed by atoms with van der Waals surface area (Å²) in [5.41, 5.74) is 6.82. The zero-order valence-corrected chi connectivity index (χ0v) is 25.5. The van der Waals surface area contributed by atoms with Crippen molar-refractivity contribution < 1.29 is 17.9 Å². The molecule has 0 saturated heterocycles. The predicted octanol–water partition coefficient (Wildman–Crippen LogP) is 7.23. The first-order valence-corrected chi connectivity index (χ1v) is 15.2. The average Bonchev–Trinajstić information content (AvgIpc) is 2.94. The van der Waals surface area contributed by atoms with E-state index in [2.05, 4.69) is 31.3 Å². The number of carbonyl (C=O) groups is 1. The van der Waals surface area contributed by atoms with E-state index < -0.39 is 10.0 Å². The maximum atomic E-state index is 13.7. The van der Waals surface area contributed by atoms with Crippen LogP contribution in [0, 0.1) is 27.7 Å². The van der Waals surface area contributed by atoms with Crippen LogP contribution in [0.1, 0.15) is 46.3 Å². The van der Waals surface area contributed by atoms with Gasteiger partial charge in [0.05, 0.1) is 23.2 Å². The summed E-state index contributed by atoms with van der Waals surface area (Å²) in [6.45, 7) is 9.98. The summed E-state index contributed by atoms with van der Waals surface area (Å²) < 4.78 is 34.5. The molecule has 0 unspecified atom stereocenters. The number of ether oxygens (including phenoxy) is 1. The fourth-order valence-corrected chi connectivity index (χ4v) is 6.15. The number of hydrogen-bond acceptors (Lipinski definition) is 4. The largest absolute Gasteiger partial charge is 0.484 e. The van der Waals surface area contributed by atoms with Gasteiger partial charge in [-0.25, -0.2) is 8.42 Å². The number of aryl methyl sites for hydroxylation is 4. The first kappa shape index (κ1) is 30.2. The van der Waals surface area contributed by atoms with Gasteiger partial charge in [0.1, 0.15) is 5.75 Å². The Morgan fingerprint density at radius 3 is 2.10 bits per heavy atom. The van der Waals surface area contributed by atoms with Crippen molar-refractivity contribution in [3.63, 3.8) is 0 Å². The molecule has 0 aliphatic carbocycles. The molecular formula is C33H35ClN2O4S. The molecule has 0 aromatic heterocycles. The van der Waals surface area contributed by atoms with Crippen LogP contribution < -0.4 is 14.4 Å². The lowest BCUT2D eigenvalue weighted by Crippen LogP contribution is -2.31. The second kappa shape index (κ2) is 12.8. The summed E-state index contributed by atoms with van der Waals surface area (Å²) in [5, 5.41) is 3.57. The van der Waals surface area contributed by atoms with Crippen LogP contribution in [-0.2, 0) is 21.4 Å². The number of anilines is 1. The summed E-state index contributed by atoms with van der Waals surface area (Å²) in [6, 6.07) is 24.6. The molecule has 4 aromatic carbocycles. The quantitative estimate of drug-likeness (QED) is 0.211. The minimum atomic E-state index is -3.87. The number of hydrogen-bond donors (Lipinski definition) is 1. The van der Waals surface area contributed by atoms with Gasteiger partial charge in [-0.3, -0.25) is 9.10 Å². The molecule has 1 atom stereocenters. The molecule has 0 radical (unpaired) electrons. The molecular weight excluding hydrogens is 556 g/mol. The number of carbonyl (C=O) groups excluding carboxylic acids is 1. The Kier molecular flexibility index (Phi) is 9.41. The third-order valence-electron chi connectivity index (χ3n) is 7.07. The maximum absolute atomic E-state index is 13.7. The van der Waals surface area contributed by atoms with Gasteiger partial charge in [-0.05, 0) is 111 Å². The van der Waals surface area contributed by atoms with Gasteiger partial charge in [0.15, 0.2) is 6.61 Å². The Balaban J connectivity index is 1.48. The molecule has 1 N–H and O–H groups in total. The second-order valence-electron chi connectivity index (χ2n) is 10.3. The van der Waals surface area contributed by atoms with Crippen LogP contribution in [0.2, 0.25) is 5.02 Å². The Bertz CT molecular complexity index is 1620. The average molecular weight is 591 g/mol. The van der Waals surface area contributed by atoms with Crippen molar-refractivity contribution >= 4 is 33.2 Å². The minimum Gasteiger partial charge on any atom is -0.484 e. The van der Waals surface area contributed by atoms with Crippen molar-refractivity contribution in [3.05, 3.63) is 123 Å². The van der Waals surface area contributed by atoms with E-state index in [1.165, 1.54) is 15.4 Å². The molecule has 4 aromatic rings. The predicted molar refractivity (Wildman–Crippen MR) is 165 cm³/mol. The highest BCUT2D eigenvalue weighted by atomic mass is 35.5. The highest BCUT2D eigenvalue weighted by molar-refractivity contribution is 7.92. The van der Waals surface area contributed by atoms with Gasteiger partial charge < -0.3 is 10.1 Å². The fourth-order valence-electron chi connectivity index (χ4n) is 4.58. The van der Waals surface area contributed by atoms with Crippen molar-refractivity contribution in [1.82, 2.24) is 5.32 Å². The molecule has 1 amide bonds. The van der Waals surface area contributed by atoms with Crippen molar-refractivity contribution in [1.29, 1.82) is 0 Å². The summed E-state index contributed by atoms with van der Waals surface area (Å²) in [4.78, 5) is 12.8. The van der Waals surface area contributed by atoms with E-state index in [9.17, 15) is 13.2 Å². The van der Waals surface area contributed by atoms with Gasteiger partial charge in [0.25, 0.3) is 15.9 Å². The number of sulfonamides is 1. The van der Waals surface area contributed by atoms with Gasteiger partial charge >= 0.3 is 0 Å². The number of amides is 1. The molecule has 8 heteroatoms. The molecule has 6 nitrogen and oxygen atoms in total. The van der Waals surface area contributed by atoms with E-state index >= 15 is 0 Å². The molecule has 214 valence electrons. The van der Waals surface area contributed by atoms with Crippen LogP contribution in [0.4, 0.5) is 5.69 Å². The number of halogens is 1. The fraction of sp³-hybridized carbons (Fsp3) is 0.242. The van der Waals surface area contributed by atoms with Crippen LogP contribution >= 0.6 is 11.6 Å². The van der Waals surface area contributed by atoms with Crippen LogP contribution in [0.25, 0.3) is 0 Å². The van der Waals surface area contributed by atoms with Crippen molar-refractivity contribution in [3.8, 4) is 5.75 Å². The number of nitrogens with zero attached hydrogens (tertiary/aromatic N) is 1. The molecule has 41 heavy (non-hydrogen) atoms. The van der Waals surface area contributed by atoms with E-state index in [1.807, 2.05) is 20.8 Å². The first-order valence-electron chi connectivity index (χ1n) is 13.4.